The van der Waals surface area contributed by atoms with E-state index in [-0.39, 0.29) is 0 Å². The SMILES string of the molecule is CN=CC(=CN)c1ccc(Nc2ncc3ccnc(N4CCCCC4)c3n2)c(OC)c1. The van der Waals surface area contributed by atoms with E-state index in [1.54, 1.807) is 20.4 Å². The monoisotopic (exact) mass is 417 g/mol. The Kier molecular flexibility index (Phi) is 6.26. The maximum atomic E-state index is 5.73. The number of anilines is 3. The number of piperidine rings is 1. The molecule has 8 heteroatoms. The Morgan fingerprint density at radius 2 is 2.03 bits per heavy atom. The number of hydrogen-bond acceptors (Lipinski definition) is 8. The van der Waals surface area contributed by atoms with Gasteiger partial charge in [0.25, 0.3) is 0 Å². The molecule has 2 aromatic heterocycles. The number of rotatable bonds is 6. The number of allylic oxidation sites excluding steroid dienone is 1. The second kappa shape index (κ2) is 9.42. The van der Waals surface area contributed by atoms with Crippen molar-refractivity contribution in [2.24, 2.45) is 10.7 Å². The van der Waals surface area contributed by atoms with Crippen LogP contribution >= 0.6 is 0 Å². The van der Waals surface area contributed by atoms with Gasteiger partial charge in [0.15, 0.2) is 5.82 Å². The van der Waals surface area contributed by atoms with Crippen LogP contribution in [0.25, 0.3) is 16.5 Å². The molecule has 4 rings (SSSR count). The van der Waals surface area contributed by atoms with Crippen molar-refractivity contribution in [2.45, 2.75) is 19.3 Å². The van der Waals surface area contributed by atoms with Crippen LogP contribution in [0.1, 0.15) is 24.8 Å². The predicted octanol–water partition coefficient (Wildman–Crippen LogP) is 3.77. The highest BCUT2D eigenvalue weighted by atomic mass is 16.5. The standard InChI is InChI=1S/C23H27N7O/c1-25-14-18(13-24)16-6-7-19(20(12-16)31-2)28-23-27-15-17-8-9-26-22(21(17)29-23)30-10-4-3-5-11-30/h6-9,12-15H,3-5,10-11,24H2,1-2H3,(H,27,28,29). The van der Waals surface area contributed by atoms with Gasteiger partial charge in [-0.05, 0) is 43.0 Å². The van der Waals surface area contributed by atoms with Crippen LogP contribution in [0.4, 0.5) is 17.5 Å². The second-order valence-corrected chi connectivity index (χ2v) is 7.36. The van der Waals surface area contributed by atoms with E-state index in [9.17, 15) is 0 Å². The average Bonchev–Trinajstić information content (AvgIpc) is 2.83. The van der Waals surface area contributed by atoms with Crippen LogP contribution < -0.4 is 20.7 Å². The number of pyridine rings is 1. The van der Waals surface area contributed by atoms with E-state index in [0.717, 1.165) is 46.6 Å². The first-order valence-electron chi connectivity index (χ1n) is 10.4. The molecule has 0 bridgehead atoms. The number of ether oxygens (including phenoxy) is 1. The van der Waals surface area contributed by atoms with E-state index in [2.05, 4.69) is 25.2 Å². The van der Waals surface area contributed by atoms with Crippen LogP contribution in [0.3, 0.4) is 0 Å². The normalized spacial score (nSPS) is 14.9. The van der Waals surface area contributed by atoms with Gasteiger partial charge in [-0.15, -0.1) is 0 Å². The van der Waals surface area contributed by atoms with Crippen molar-refractivity contribution in [3.05, 3.63) is 48.4 Å². The molecule has 3 heterocycles. The minimum Gasteiger partial charge on any atom is -0.495 e. The molecular formula is C23H27N7O. The third kappa shape index (κ3) is 4.42. The lowest BCUT2D eigenvalue weighted by Gasteiger charge is -2.28. The van der Waals surface area contributed by atoms with Gasteiger partial charge in [0.05, 0.1) is 12.8 Å². The molecule has 0 amide bonds. The molecule has 1 saturated heterocycles. The lowest BCUT2D eigenvalue weighted by molar-refractivity contribution is 0.416. The largest absolute Gasteiger partial charge is 0.495 e. The van der Waals surface area contributed by atoms with Crippen molar-refractivity contribution in [3.8, 4) is 5.75 Å². The molecule has 1 aromatic carbocycles. The van der Waals surface area contributed by atoms with Gasteiger partial charge in [-0.2, -0.15) is 0 Å². The third-order valence-electron chi connectivity index (χ3n) is 5.36. The third-order valence-corrected chi connectivity index (χ3v) is 5.36. The Balaban J connectivity index is 1.67. The molecule has 1 fully saturated rings. The van der Waals surface area contributed by atoms with E-state index in [1.165, 1.54) is 25.5 Å². The molecule has 8 nitrogen and oxygen atoms in total. The first kappa shape index (κ1) is 20.6. The summed E-state index contributed by atoms with van der Waals surface area (Å²) >= 11 is 0. The highest BCUT2D eigenvalue weighted by Gasteiger charge is 2.17. The lowest BCUT2D eigenvalue weighted by atomic mass is 10.1. The van der Waals surface area contributed by atoms with Gasteiger partial charge >= 0.3 is 0 Å². The van der Waals surface area contributed by atoms with E-state index in [0.29, 0.717) is 11.7 Å². The minimum atomic E-state index is 0.495. The summed E-state index contributed by atoms with van der Waals surface area (Å²) in [5.41, 5.74) is 9.07. The predicted molar refractivity (Wildman–Crippen MR) is 126 cm³/mol. The first-order chi connectivity index (χ1) is 15.2. The fourth-order valence-electron chi connectivity index (χ4n) is 3.79. The molecule has 3 N–H and O–H groups in total. The number of aromatic nitrogens is 3. The van der Waals surface area contributed by atoms with Crippen molar-refractivity contribution in [1.29, 1.82) is 0 Å². The number of nitrogens with two attached hydrogens (primary N) is 1. The van der Waals surface area contributed by atoms with Crippen LogP contribution in [0, 0.1) is 0 Å². The van der Waals surface area contributed by atoms with E-state index in [1.807, 2.05) is 36.7 Å². The molecule has 3 aromatic rings. The van der Waals surface area contributed by atoms with Gasteiger partial charge in [0, 0.05) is 55.9 Å². The van der Waals surface area contributed by atoms with Gasteiger partial charge in [0.1, 0.15) is 11.3 Å². The van der Waals surface area contributed by atoms with Crippen LogP contribution in [-0.2, 0) is 0 Å². The number of benzene rings is 1. The van der Waals surface area contributed by atoms with Gasteiger partial charge in [0.2, 0.25) is 5.95 Å². The number of aliphatic imine (C=N–C) groups is 1. The summed E-state index contributed by atoms with van der Waals surface area (Å²) in [6.45, 7) is 2.01. The Morgan fingerprint density at radius 3 is 2.77 bits per heavy atom. The highest BCUT2D eigenvalue weighted by molar-refractivity contribution is 6.09. The lowest BCUT2D eigenvalue weighted by Crippen LogP contribution is -2.30. The van der Waals surface area contributed by atoms with E-state index >= 15 is 0 Å². The number of hydrogen-bond donors (Lipinski definition) is 2. The maximum absolute atomic E-state index is 5.73. The Hall–Kier alpha value is -3.68. The van der Waals surface area contributed by atoms with Crippen molar-refractivity contribution in [1.82, 2.24) is 15.0 Å². The molecule has 0 aliphatic carbocycles. The van der Waals surface area contributed by atoms with Crippen molar-refractivity contribution in [2.75, 3.05) is 37.5 Å². The number of fused-ring (bicyclic) bond motifs is 1. The minimum absolute atomic E-state index is 0.495. The zero-order chi connectivity index (χ0) is 21.6. The summed E-state index contributed by atoms with van der Waals surface area (Å²) in [6, 6.07) is 7.72. The van der Waals surface area contributed by atoms with Crippen molar-refractivity contribution >= 4 is 40.1 Å². The maximum Gasteiger partial charge on any atom is 0.227 e. The van der Waals surface area contributed by atoms with E-state index in [4.69, 9.17) is 15.5 Å². The summed E-state index contributed by atoms with van der Waals surface area (Å²) in [4.78, 5) is 20.3. The average molecular weight is 418 g/mol. The van der Waals surface area contributed by atoms with Gasteiger partial charge in [-0.1, -0.05) is 6.07 Å². The summed E-state index contributed by atoms with van der Waals surface area (Å²) in [5, 5.41) is 4.26. The van der Waals surface area contributed by atoms with Gasteiger partial charge in [-0.3, -0.25) is 4.99 Å². The number of nitrogens with one attached hydrogen (secondary N) is 1. The topological polar surface area (TPSA) is 102 Å². The molecule has 0 spiro atoms. The molecule has 1 aliphatic heterocycles. The summed E-state index contributed by atoms with van der Waals surface area (Å²) in [5.74, 6) is 2.07. The molecule has 1 aliphatic rings. The van der Waals surface area contributed by atoms with Crippen molar-refractivity contribution < 1.29 is 4.74 Å². The number of methoxy groups -OCH3 is 1. The highest BCUT2D eigenvalue weighted by Crippen LogP contribution is 2.31. The fraction of sp³-hybridized carbons (Fsp3) is 0.304. The Morgan fingerprint density at radius 1 is 1.19 bits per heavy atom. The fourth-order valence-corrected chi connectivity index (χ4v) is 3.79. The van der Waals surface area contributed by atoms with Crippen LogP contribution in [0.2, 0.25) is 0 Å². The zero-order valence-corrected chi connectivity index (χ0v) is 17.9. The summed E-state index contributed by atoms with van der Waals surface area (Å²) < 4.78 is 5.59. The molecule has 0 radical (unpaired) electrons. The Labute approximate surface area is 181 Å². The molecule has 0 atom stereocenters. The molecular weight excluding hydrogens is 390 g/mol. The second-order valence-electron chi connectivity index (χ2n) is 7.36. The molecule has 31 heavy (non-hydrogen) atoms. The zero-order valence-electron chi connectivity index (χ0n) is 17.9. The summed E-state index contributed by atoms with van der Waals surface area (Å²) in [7, 11) is 3.34. The quantitative estimate of drug-likeness (QED) is 0.589. The smallest absolute Gasteiger partial charge is 0.227 e. The van der Waals surface area contributed by atoms with Crippen molar-refractivity contribution in [3.63, 3.8) is 0 Å². The van der Waals surface area contributed by atoms with Gasteiger partial charge < -0.3 is 20.7 Å². The summed E-state index contributed by atoms with van der Waals surface area (Å²) in [6.07, 6.45) is 10.5. The molecule has 0 saturated carbocycles. The Bertz CT molecular complexity index is 1120. The molecule has 0 unspecified atom stereocenters. The van der Waals surface area contributed by atoms with Crippen LogP contribution in [0.15, 0.2) is 47.9 Å². The van der Waals surface area contributed by atoms with Crippen LogP contribution in [-0.4, -0.2) is 48.4 Å². The molecule has 160 valence electrons. The van der Waals surface area contributed by atoms with E-state index < -0.39 is 0 Å². The number of nitrogens with zero attached hydrogens (tertiary/aromatic N) is 5. The van der Waals surface area contributed by atoms with Gasteiger partial charge in [-0.25, -0.2) is 15.0 Å². The van der Waals surface area contributed by atoms with Crippen LogP contribution in [0.5, 0.6) is 5.75 Å². The first-order valence-corrected chi connectivity index (χ1v) is 10.4.